The van der Waals surface area contributed by atoms with Gasteiger partial charge >= 0.3 is 5.97 Å². The van der Waals surface area contributed by atoms with Crippen LogP contribution < -0.4 is 5.32 Å². The Kier molecular flexibility index (Phi) is 8.29. The summed E-state index contributed by atoms with van der Waals surface area (Å²) < 4.78 is 4.94. The number of hydrogen-bond acceptors (Lipinski definition) is 3. The second-order valence-electron chi connectivity index (χ2n) is 6.50. The van der Waals surface area contributed by atoms with Crippen LogP contribution in [0.2, 0.25) is 0 Å². The van der Waals surface area contributed by atoms with Gasteiger partial charge in [0, 0.05) is 33.1 Å². The van der Waals surface area contributed by atoms with Crippen molar-refractivity contribution in [1.82, 2.24) is 10.2 Å². The Labute approximate surface area is 151 Å². The molecule has 1 aromatic carbocycles. The minimum atomic E-state index is -0.124. The van der Waals surface area contributed by atoms with Crippen molar-refractivity contribution in [3.63, 3.8) is 0 Å². The van der Waals surface area contributed by atoms with Crippen molar-refractivity contribution >= 4 is 11.9 Å². The Bertz CT molecular complexity index is 537. The molecule has 1 aromatic rings. The van der Waals surface area contributed by atoms with Gasteiger partial charge in [0.2, 0.25) is 0 Å². The Morgan fingerprint density at radius 1 is 1.28 bits per heavy atom. The van der Waals surface area contributed by atoms with E-state index in [4.69, 9.17) is 4.74 Å². The van der Waals surface area contributed by atoms with Gasteiger partial charge in [-0.25, -0.2) is 0 Å². The first-order valence-corrected chi connectivity index (χ1v) is 9.38. The van der Waals surface area contributed by atoms with Crippen molar-refractivity contribution < 1.29 is 9.53 Å². The van der Waals surface area contributed by atoms with E-state index in [1.165, 1.54) is 24.8 Å². The summed E-state index contributed by atoms with van der Waals surface area (Å²) in [5.74, 6) is 1.57. The highest BCUT2D eigenvalue weighted by Crippen LogP contribution is 2.21. The molecule has 2 rings (SSSR count). The minimum absolute atomic E-state index is 0.124. The average molecular weight is 345 g/mol. The molecule has 1 aliphatic heterocycles. The number of nitrogens with one attached hydrogen (secondary N) is 1. The topological polar surface area (TPSA) is 53.9 Å². The lowest BCUT2D eigenvalue weighted by molar-refractivity contribution is -0.143. The third-order valence-electron chi connectivity index (χ3n) is 4.64. The summed E-state index contributed by atoms with van der Waals surface area (Å²) in [6.45, 7) is 5.10. The molecule has 0 aliphatic carbocycles. The summed E-state index contributed by atoms with van der Waals surface area (Å²) in [4.78, 5) is 18.1. The normalized spacial score (nSPS) is 15.9. The first-order valence-electron chi connectivity index (χ1n) is 9.38. The average Bonchev–Trinajstić information content (AvgIpc) is 2.64. The van der Waals surface area contributed by atoms with Crippen molar-refractivity contribution in [3.05, 3.63) is 35.9 Å². The van der Waals surface area contributed by atoms with Gasteiger partial charge in [0.05, 0.1) is 6.61 Å². The highest BCUT2D eigenvalue weighted by atomic mass is 16.5. The van der Waals surface area contributed by atoms with Crippen LogP contribution in [0.5, 0.6) is 0 Å². The van der Waals surface area contributed by atoms with Crippen LogP contribution in [0.25, 0.3) is 0 Å². The van der Waals surface area contributed by atoms with Crippen molar-refractivity contribution in [2.45, 2.75) is 39.0 Å². The van der Waals surface area contributed by atoms with Crippen LogP contribution in [-0.4, -0.2) is 50.1 Å². The molecule has 1 N–H and O–H groups in total. The molecule has 5 heteroatoms. The number of nitrogens with zero attached hydrogens (tertiary/aromatic N) is 2. The first kappa shape index (κ1) is 19.3. The van der Waals surface area contributed by atoms with E-state index in [1.54, 1.807) is 0 Å². The van der Waals surface area contributed by atoms with Gasteiger partial charge in [-0.1, -0.05) is 30.3 Å². The molecule has 0 spiro atoms. The van der Waals surface area contributed by atoms with Crippen LogP contribution in [0.4, 0.5) is 0 Å². The van der Waals surface area contributed by atoms with Gasteiger partial charge in [-0.2, -0.15) is 0 Å². The number of benzene rings is 1. The monoisotopic (exact) mass is 345 g/mol. The van der Waals surface area contributed by atoms with E-state index in [0.29, 0.717) is 13.0 Å². The molecule has 5 nitrogen and oxygen atoms in total. The third kappa shape index (κ3) is 6.77. The molecule has 0 amide bonds. The van der Waals surface area contributed by atoms with Crippen LogP contribution in [-0.2, 0) is 16.0 Å². The number of guanidine groups is 1. The van der Waals surface area contributed by atoms with E-state index >= 15 is 0 Å². The van der Waals surface area contributed by atoms with Crippen molar-refractivity contribution in [2.24, 2.45) is 10.9 Å². The van der Waals surface area contributed by atoms with Gasteiger partial charge in [-0.3, -0.25) is 9.79 Å². The Hall–Kier alpha value is -2.04. The zero-order valence-electron chi connectivity index (χ0n) is 15.5. The van der Waals surface area contributed by atoms with Gasteiger partial charge in [0.1, 0.15) is 0 Å². The molecular weight excluding hydrogens is 314 g/mol. The summed E-state index contributed by atoms with van der Waals surface area (Å²) in [6, 6.07) is 10.7. The number of esters is 1. The van der Waals surface area contributed by atoms with E-state index in [9.17, 15) is 4.79 Å². The van der Waals surface area contributed by atoms with Crippen molar-refractivity contribution in [2.75, 3.05) is 33.3 Å². The maximum atomic E-state index is 11.4. The quantitative estimate of drug-likeness (QED) is 0.357. The van der Waals surface area contributed by atoms with Gasteiger partial charge in [-0.15, -0.1) is 0 Å². The number of likely N-dealkylation sites (tertiary alicyclic amines) is 1. The second kappa shape index (κ2) is 10.7. The predicted octanol–water partition coefficient (Wildman–Crippen LogP) is 2.86. The number of rotatable bonds is 7. The highest BCUT2D eigenvalue weighted by molar-refractivity contribution is 5.80. The minimum Gasteiger partial charge on any atom is -0.466 e. The van der Waals surface area contributed by atoms with Gasteiger partial charge in [0.25, 0.3) is 0 Å². The van der Waals surface area contributed by atoms with Gasteiger partial charge in [0.15, 0.2) is 5.96 Å². The third-order valence-corrected chi connectivity index (χ3v) is 4.64. The van der Waals surface area contributed by atoms with Gasteiger partial charge in [-0.05, 0) is 44.1 Å². The fourth-order valence-electron chi connectivity index (χ4n) is 3.29. The lowest BCUT2D eigenvalue weighted by atomic mass is 9.90. The number of hydrogen-bond donors (Lipinski definition) is 1. The van der Waals surface area contributed by atoms with Crippen LogP contribution >= 0.6 is 0 Å². The molecule has 25 heavy (non-hydrogen) atoms. The predicted molar refractivity (Wildman–Crippen MR) is 102 cm³/mol. The Balaban J connectivity index is 1.68. The second-order valence-corrected chi connectivity index (χ2v) is 6.50. The van der Waals surface area contributed by atoms with Gasteiger partial charge < -0.3 is 15.0 Å². The fraction of sp³-hybridized carbons (Fsp3) is 0.600. The van der Waals surface area contributed by atoms with Crippen LogP contribution in [0.1, 0.15) is 38.2 Å². The van der Waals surface area contributed by atoms with Crippen LogP contribution in [0.15, 0.2) is 35.3 Å². The van der Waals surface area contributed by atoms with Crippen molar-refractivity contribution in [1.29, 1.82) is 0 Å². The van der Waals surface area contributed by atoms with Crippen LogP contribution in [0, 0.1) is 5.92 Å². The zero-order valence-corrected chi connectivity index (χ0v) is 15.5. The largest absolute Gasteiger partial charge is 0.466 e. The molecule has 0 radical (unpaired) electrons. The summed E-state index contributed by atoms with van der Waals surface area (Å²) in [7, 11) is 1.82. The molecular formula is C20H31N3O2. The number of ether oxygens (including phenoxy) is 1. The Morgan fingerprint density at radius 2 is 2.00 bits per heavy atom. The van der Waals surface area contributed by atoms with E-state index in [0.717, 1.165) is 37.9 Å². The molecule has 1 fully saturated rings. The maximum absolute atomic E-state index is 11.4. The molecule has 0 aromatic heterocycles. The SMILES string of the molecule is CCOC(=O)CCCNC(=NC)N1CCC(Cc2ccccc2)CC1. The molecule has 0 bridgehead atoms. The molecule has 1 saturated heterocycles. The summed E-state index contributed by atoms with van der Waals surface area (Å²) in [5, 5.41) is 3.37. The number of carbonyl (C=O) groups is 1. The maximum Gasteiger partial charge on any atom is 0.305 e. The smallest absolute Gasteiger partial charge is 0.305 e. The lowest BCUT2D eigenvalue weighted by Crippen LogP contribution is -2.46. The summed E-state index contributed by atoms with van der Waals surface area (Å²) in [5.41, 5.74) is 1.43. The fourth-order valence-corrected chi connectivity index (χ4v) is 3.29. The number of carbonyl (C=O) groups excluding carboxylic acids is 1. The first-order chi connectivity index (χ1) is 12.2. The van der Waals surface area contributed by atoms with Crippen molar-refractivity contribution in [3.8, 4) is 0 Å². The summed E-state index contributed by atoms with van der Waals surface area (Å²) >= 11 is 0. The highest BCUT2D eigenvalue weighted by Gasteiger charge is 2.21. The van der Waals surface area contributed by atoms with E-state index in [1.807, 2.05) is 14.0 Å². The molecule has 1 heterocycles. The van der Waals surface area contributed by atoms with E-state index in [2.05, 4.69) is 45.5 Å². The van der Waals surface area contributed by atoms with Crippen LogP contribution in [0.3, 0.4) is 0 Å². The summed E-state index contributed by atoms with van der Waals surface area (Å²) in [6.07, 6.45) is 4.77. The lowest BCUT2D eigenvalue weighted by Gasteiger charge is -2.34. The number of aliphatic imine (C=N–C) groups is 1. The Morgan fingerprint density at radius 3 is 2.64 bits per heavy atom. The zero-order chi connectivity index (χ0) is 17.9. The molecule has 0 unspecified atom stereocenters. The molecule has 138 valence electrons. The molecule has 0 saturated carbocycles. The van der Waals surface area contributed by atoms with E-state index in [-0.39, 0.29) is 5.97 Å². The standard InChI is InChI=1S/C20H31N3O2/c1-3-25-19(24)10-7-13-22-20(21-2)23-14-11-18(12-15-23)16-17-8-5-4-6-9-17/h4-6,8-9,18H,3,7,10-16H2,1-2H3,(H,21,22). The van der Waals surface area contributed by atoms with E-state index < -0.39 is 0 Å². The number of piperidine rings is 1. The molecule has 1 aliphatic rings. The molecule has 0 atom stereocenters.